The SMILES string of the molecule is CO[C@@]1(NC(=O)CSc2ccccn2)C(=O)N2C(C(=O)O)=C(COC(N)=O)CS[C@@H]21. The monoisotopic (exact) mass is 454 g/mol. The van der Waals surface area contributed by atoms with Crippen molar-refractivity contribution in [2.24, 2.45) is 5.73 Å². The molecule has 11 nitrogen and oxygen atoms in total. The number of nitrogens with two attached hydrogens (primary N) is 1. The summed E-state index contributed by atoms with van der Waals surface area (Å²) < 4.78 is 10.0. The number of rotatable bonds is 8. The fourth-order valence-corrected chi connectivity index (χ4v) is 5.11. The van der Waals surface area contributed by atoms with E-state index in [-0.39, 0.29) is 29.4 Å². The number of aromatic nitrogens is 1. The number of aliphatic carboxylic acids is 1. The van der Waals surface area contributed by atoms with Crippen LogP contribution in [-0.2, 0) is 23.9 Å². The normalized spacial score (nSPS) is 22.8. The van der Waals surface area contributed by atoms with E-state index in [9.17, 15) is 24.3 Å². The fourth-order valence-electron chi connectivity index (χ4n) is 3.03. The van der Waals surface area contributed by atoms with Gasteiger partial charge in [0.15, 0.2) is 0 Å². The van der Waals surface area contributed by atoms with Crippen molar-refractivity contribution < 1.29 is 33.8 Å². The van der Waals surface area contributed by atoms with E-state index in [4.69, 9.17) is 10.5 Å². The Bertz CT molecular complexity index is 911. The number of β-lactam (4-membered cyclic amide) rings is 1. The van der Waals surface area contributed by atoms with Gasteiger partial charge in [-0.3, -0.25) is 14.5 Å². The first-order chi connectivity index (χ1) is 14.3. The number of ether oxygens (including phenoxy) is 2. The van der Waals surface area contributed by atoms with Gasteiger partial charge in [-0.05, 0) is 12.1 Å². The zero-order chi connectivity index (χ0) is 21.9. The fraction of sp³-hybridized carbons (Fsp3) is 0.353. The number of amides is 3. The highest BCUT2D eigenvalue weighted by Crippen LogP contribution is 2.46. The van der Waals surface area contributed by atoms with E-state index >= 15 is 0 Å². The lowest BCUT2D eigenvalue weighted by molar-refractivity contribution is -0.192. The molecule has 0 radical (unpaired) electrons. The van der Waals surface area contributed by atoms with E-state index in [2.05, 4.69) is 15.0 Å². The Labute approximate surface area is 179 Å². The summed E-state index contributed by atoms with van der Waals surface area (Å²) in [6, 6.07) is 5.29. The molecular formula is C17H18N4O7S2. The molecule has 4 N–H and O–H groups in total. The summed E-state index contributed by atoms with van der Waals surface area (Å²) in [5.74, 6) is -2.42. The first kappa shape index (κ1) is 21.9. The third-order valence-corrected chi connectivity index (χ3v) is 6.65. The Morgan fingerprint density at radius 1 is 1.47 bits per heavy atom. The summed E-state index contributed by atoms with van der Waals surface area (Å²) in [6.07, 6.45) is 0.542. The summed E-state index contributed by atoms with van der Waals surface area (Å²) in [5.41, 5.74) is 3.15. The molecule has 2 aliphatic heterocycles. The lowest BCUT2D eigenvalue weighted by atomic mass is 9.98. The number of pyridine rings is 1. The lowest BCUT2D eigenvalue weighted by Crippen LogP contribution is -2.80. The van der Waals surface area contributed by atoms with Crippen molar-refractivity contribution in [3.8, 4) is 0 Å². The lowest BCUT2D eigenvalue weighted by Gasteiger charge is -2.55. The summed E-state index contributed by atoms with van der Waals surface area (Å²) in [4.78, 5) is 53.0. The van der Waals surface area contributed by atoms with Crippen molar-refractivity contribution in [2.75, 3.05) is 25.2 Å². The van der Waals surface area contributed by atoms with Gasteiger partial charge in [0.05, 0.1) is 10.8 Å². The maximum absolute atomic E-state index is 12.9. The number of carboxylic acids is 1. The molecule has 160 valence electrons. The van der Waals surface area contributed by atoms with Gasteiger partial charge in [0.1, 0.15) is 17.7 Å². The van der Waals surface area contributed by atoms with E-state index in [1.807, 2.05) is 0 Å². The molecule has 1 fully saturated rings. The van der Waals surface area contributed by atoms with Crippen molar-refractivity contribution in [3.63, 3.8) is 0 Å². The molecule has 3 heterocycles. The van der Waals surface area contributed by atoms with Crippen LogP contribution in [0, 0.1) is 0 Å². The third kappa shape index (κ3) is 4.08. The molecule has 0 bridgehead atoms. The van der Waals surface area contributed by atoms with Crippen LogP contribution < -0.4 is 11.1 Å². The molecule has 1 aromatic rings. The van der Waals surface area contributed by atoms with Crippen molar-refractivity contribution in [2.45, 2.75) is 16.1 Å². The van der Waals surface area contributed by atoms with Crippen molar-refractivity contribution >= 4 is 47.4 Å². The van der Waals surface area contributed by atoms with Gasteiger partial charge in [-0.2, -0.15) is 0 Å². The van der Waals surface area contributed by atoms with Gasteiger partial charge in [-0.15, -0.1) is 11.8 Å². The quantitative estimate of drug-likeness (QED) is 0.276. The molecule has 0 spiro atoms. The largest absolute Gasteiger partial charge is 0.477 e. The smallest absolute Gasteiger partial charge is 0.404 e. The average molecular weight is 454 g/mol. The topological polar surface area (TPSA) is 161 Å². The van der Waals surface area contributed by atoms with Crippen LogP contribution in [0.5, 0.6) is 0 Å². The van der Waals surface area contributed by atoms with E-state index in [0.29, 0.717) is 5.03 Å². The number of nitrogens with one attached hydrogen (secondary N) is 1. The molecule has 0 aliphatic carbocycles. The standard InChI is InChI=1S/C17H18N4O7S2/c1-27-17(20-10(22)8-29-11-4-2-3-5-19-11)14(25)21-12(13(23)24)9(6-28-16(18)26)7-30-15(17)21/h2-5,15H,6-8H2,1H3,(H2,18,26)(H,20,22)(H,23,24)/t15-,17+/m1/s1. The molecular weight excluding hydrogens is 436 g/mol. The Hall–Kier alpha value is -2.77. The van der Waals surface area contributed by atoms with Crippen LogP contribution in [0.2, 0.25) is 0 Å². The summed E-state index contributed by atoms with van der Waals surface area (Å²) >= 11 is 2.36. The zero-order valence-electron chi connectivity index (χ0n) is 15.7. The Kier molecular flexibility index (Phi) is 6.53. The second-order valence-electron chi connectivity index (χ2n) is 6.15. The summed E-state index contributed by atoms with van der Waals surface area (Å²) in [7, 11) is 1.26. The predicted molar refractivity (Wildman–Crippen MR) is 106 cm³/mol. The van der Waals surface area contributed by atoms with Gasteiger partial charge in [0, 0.05) is 24.6 Å². The third-order valence-electron chi connectivity index (χ3n) is 4.34. The Balaban J connectivity index is 1.74. The number of nitrogens with zero attached hydrogens (tertiary/aromatic N) is 2. The number of hydrogen-bond donors (Lipinski definition) is 3. The molecule has 0 saturated carbocycles. The summed E-state index contributed by atoms with van der Waals surface area (Å²) in [5, 5.41) is 12.0. The van der Waals surface area contributed by atoms with Crippen molar-refractivity contribution in [1.82, 2.24) is 15.2 Å². The molecule has 3 rings (SSSR count). The number of fused-ring (bicyclic) bond motifs is 1. The number of primary amides is 1. The Morgan fingerprint density at radius 3 is 2.83 bits per heavy atom. The van der Waals surface area contributed by atoms with Gasteiger partial charge in [0.2, 0.25) is 5.91 Å². The molecule has 30 heavy (non-hydrogen) atoms. The van der Waals surface area contributed by atoms with Gasteiger partial charge in [-0.1, -0.05) is 17.8 Å². The maximum atomic E-state index is 12.9. The van der Waals surface area contributed by atoms with Crippen LogP contribution in [-0.4, -0.2) is 75.2 Å². The predicted octanol–water partition coefficient (Wildman–Crippen LogP) is -0.0183. The van der Waals surface area contributed by atoms with Crippen LogP contribution in [0.1, 0.15) is 0 Å². The van der Waals surface area contributed by atoms with Gasteiger partial charge < -0.3 is 25.6 Å². The average Bonchev–Trinajstić information content (AvgIpc) is 2.74. The number of methoxy groups -OCH3 is 1. The molecule has 0 unspecified atom stereocenters. The van der Waals surface area contributed by atoms with Crippen LogP contribution in [0.4, 0.5) is 4.79 Å². The molecule has 13 heteroatoms. The summed E-state index contributed by atoms with van der Waals surface area (Å²) in [6.45, 7) is -0.354. The van der Waals surface area contributed by atoms with E-state index in [1.165, 1.54) is 30.6 Å². The number of carbonyl (C=O) groups is 4. The highest BCUT2D eigenvalue weighted by Gasteiger charge is 2.66. The van der Waals surface area contributed by atoms with Crippen molar-refractivity contribution in [1.29, 1.82) is 0 Å². The first-order valence-corrected chi connectivity index (χ1v) is 10.6. The second-order valence-corrected chi connectivity index (χ2v) is 8.21. The number of carboxylic acid groups (broad SMARTS) is 1. The molecule has 1 aromatic heterocycles. The molecule has 0 aromatic carbocycles. The second kappa shape index (κ2) is 8.93. The molecule has 2 aliphatic rings. The van der Waals surface area contributed by atoms with Crippen LogP contribution in [0.15, 0.2) is 40.7 Å². The minimum Gasteiger partial charge on any atom is -0.477 e. The van der Waals surface area contributed by atoms with E-state index in [0.717, 1.165) is 4.90 Å². The van der Waals surface area contributed by atoms with Gasteiger partial charge in [-0.25, -0.2) is 14.6 Å². The zero-order valence-corrected chi connectivity index (χ0v) is 17.3. The number of hydrogen-bond acceptors (Lipinski definition) is 9. The van der Waals surface area contributed by atoms with Crippen LogP contribution >= 0.6 is 23.5 Å². The highest BCUT2D eigenvalue weighted by molar-refractivity contribution is 8.00. The van der Waals surface area contributed by atoms with Crippen LogP contribution in [0.25, 0.3) is 0 Å². The van der Waals surface area contributed by atoms with Crippen molar-refractivity contribution in [3.05, 3.63) is 35.7 Å². The first-order valence-electron chi connectivity index (χ1n) is 8.53. The molecule has 1 saturated heterocycles. The minimum atomic E-state index is -1.69. The van der Waals surface area contributed by atoms with Gasteiger partial charge in [0.25, 0.3) is 11.6 Å². The maximum Gasteiger partial charge on any atom is 0.404 e. The number of carbonyl (C=O) groups excluding carboxylic acids is 3. The van der Waals surface area contributed by atoms with Gasteiger partial charge >= 0.3 is 12.1 Å². The Morgan fingerprint density at radius 2 is 2.23 bits per heavy atom. The highest BCUT2D eigenvalue weighted by atomic mass is 32.2. The minimum absolute atomic E-state index is 0.00782. The van der Waals surface area contributed by atoms with Crippen LogP contribution in [0.3, 0.4) is 0 Å². The van der Waals surface area contributed by atoms with E-state index in [1.54, 1.807) is 24.4 Å². The molecule has 3 amide bonds. The van der Waals surface area contributed by atoms with E-state index < -0.39 is 35.0 Å². The number of thioether (sulfide) groups is 2. The molecule has 2 atom stereocenters.